The minimum Gasteiger partial charge on any atom is -0.348 e. The number of carbonyl (C=O) groups excluding carboxylic acids is 2. The summed E-state index contributed by atoms with van der Waals surface area (Å²) in [6.45, 7) is 1.77. The van der Waals surface area contributed by atoms with Crippen LogP contribution in [0.4, 0.5) is 10.1 Å². The van der Waals surface area contributed by atoms with Gasteiger partial charge >= 0.3 is 0 Å². The molecule has 0 saturated carbocycles. The molecule has 3 rings (SSSR count). The topological polar surface area (TPSA) is 53.0 Å². The van der Waals surface area contributed by atoms with Crippen LogP contribution in [0.3, 0.4) is 0 Å². The van der Waals surface area contributed by atoms with Gasteiger partial charge in [-0.2, -0.15) is 0 Å². The quantitative estimate of drug-likeness (QED) is 0.738. The fraction of sp³-hybridized carbons (Fsp3) is 0.190. The van der Waals surface area contributed by atoms with E-state index < -0.39 is 11.1 Å². The van der Waals surface area contributed by atoms with Crippen LogP contribution in [-0.4, -0.2) is 41.2 Å². The van der Waals surface area contributed by atoms with Gasteiger partial charge in [0, 0.05) is 14.1 Å². The molecule has 0 bridgehead atoms. The monoisotopic (exact) mass is 397 g/mol. The molecule has 0 saturated heterocycles. The lowest BCUT2D eigenvalue weighted by molar-refractivity contribution is -0.127. The van der Waals surface area contributed by atoms with Gasteiger partial charge in [0.2, 0.25) is 5.91 Å². The van der Waals surface area contributed by atoms with Crippen LogP contribution in [0, 0.1) is 5.82 Å². The lowest BCUT2D eigenvalue weighted by atomic mass is 10.2. The van der Waals surface area contributed by atoms with Crippen molar-refractivity contribution in [3.63, 3.8) is 0 Å². The fourth-order valence-corrected chi connectivity index (χ4v) is 3.75. The van der Waals surface area contributed by atoms with Crippen molar-refractivity contribution in [2.75, 3.05) is 19.0 Å². The highest BCUT2D eigenvalue weighted by Gasteiger charge is 2.34. The summed E-state index contributed by atoms with van der Waals surface area (Å²) in [5.74, 6) is -0.792. The highest BCUT2D eigenvalue weighted by molar-refractivity contribution is 8.15. The first kappa shape index (κ1) is 19.8. The Morgan fingerprint density at radius 3 is 2.39 bits per heavy atom. The molecule has 2 aromatic carbocycles. The molecular formula is C21H20FN3O2S. The Hall–Kier alpha value is -2.93. The molecule has 2 aromatic rings. The molecule has 5 nitrogen and oxygen atoms in total. The zero-order chi connectivity index (χ0) is 20.3. The van der Waals surface area contributed by atoms with Crippen molar-refractivity contribution in [2.45, 2.75) is 12.2 Å². The van der Waals surface area contributed by atoms with Gasteiger partial charge in [0.05, 0.1) is 10.9 Å². The number of aliphatic imine (C=N–C) groups is 1. The highest BCUT2D eigenvalue weighted by atomic mass is 32.2. The fourth-order valence-electron chi connectivity index (χ4n) is 2.67. The van der Waals surface area contributed by atoms with Gasteiger partial charge in [0.15, 0.2) is 5.17 Å². The molecule has 0 N–H and O–H groups in total. The summed E-state index contributed by atoms with van der Waals surface area (Å²) >= 11 is 1.20. The number of thioether (sulfide) groups is 1. The van der Waals surface area contributed by atoms with E-state index in [1.165, 1.54) is 45.8 Å². The SMILES string of the molecule is C[C@H](SC1=N/C(=C\c2ccccc2)C(=O)N1c1ccc(F)cc1)C(=O)N(C)C. The summed E-state index contributed by atoms with van der Waals surface area (Å²) in [4.78, 5) is 32.7. The summed E-state index contributed by atoms with van der Waals surface area (Å²) in [6.07, 6.45) is 1.70. The number of carbonyl (C=O) groups is 2. The lowest BCUT2D eigenvalue weighted by Gasteiger charge is -2.21. The molecule has 144 valence electrons. The molecule has 1 atom stereocenters. The van der Waals surface area contributed by atoms with Crippen LogP contribution >= 0.6 is 11.8 Å². The van der Waals surface area contributed by atoms with Crippen molar-refractivity contribution >= 4 is 40.5 Å². The number of anilines is 1. The number of rotatable bonds is 4. The average Bonchev–Trinajstić information content (AvgIpc) is 2.97. The van der Waals surface area contributed by atoms with Gasteiger partial charge in [-0.05, 0) is 42.8 Å². The van der Waals surface area contributed by atoms with Gasteiger partial charge in [0.25, 0.3) is 5.91 Å². The van der Waals surface area contributed by atoms with E-state index in [1.54, 1.807) is 27.1 Å². The third-order valence-corrected chi connectivity index (χ3v) is 5.13. The van der Waals surface area contributed by atoms with Gasteiger partial charge in [-0.15, -0.1) is 0 Å². The second-order valence-corrected chi connectivity index (χ2v) is 7.75. The molecule has 0 aromatic heterocycles. The molecule has 0 aliphatic carbocycles. The molecule has 0 fully saturated rings. The number of halogens is 1. The standard InChI is InChI=1S/C21H20FN3O2S/c1-14(19(26)24(2)3)28-21-23-18(13-15-7-5-4-6-8-15)20(27)25(21)17-11-9-16(22)10-12-17/h4-14H,1-3H3/b18-13-/t14-/m0/s1. The average molecular weight is 397 g/mol. The summed E-state index contributed by atoms with van der Waals surface area (Å²) in [7, 11) is 3.36. The van der Waals surface area contributed by atoms with Crippen molar-refractivity contribution in [3.05, 3.63) is 71.7 Å². The zero-order valence-corrected chi connectivity index (χ0v) is 16.6. The van der Waals surface area contributed by atoms with Gasteiger partial charge in [-0.1, -0.05) is 42.1 Å². The first-order chi connectivity index (χ1) is 13.4. The minimum absolute atomic E-state index is 0.0836. The molecule has 1 aliphatic heterocycles. The van der Waals surface area contributed by atoms with Crippen LogP contribution in [0.5, 0.6) is 0 Å². The second kappa shape index (κ2) is 8.39. The van der Waals surface area contributed by atoms with Crippen LogP contribution in [0.25, 0.3) is 6.08 Å². The van der Waals surface area contributed by atoms with Crippen molar-refractivity contribution < 1.29 is 14.0 Å². The largest absolute Gasteiger partial charge is 0.348 e. The van der Waals surface area contributed by atoms with Crippen LogP contribution in [0.15, 0.2) is 65.3 Å². The van der Waals surface area contributed by atoms with Crippen LogP contribution in [-0.2, 0) is 9.59 Å². The molecule has 1 aliphatic rings. The molecule has 28 heavy (non-hydrogen) atoms. The van der Waals surface area contributed by atoms with Crippen LogP contribution in [0.2, 0.25) is 0 Å². The van der Waals surface area contributed by atoms with Crippen molar-refractivity contribution in [1.29, 1.82) is 0 Å². The smallest absolute Gasteiger partial charge is 0.283 e. The summed E-state index contributed by atoms with van der Waals surface area (Å²) in [6, 6.07) is 15.0. The van der Waals surface area contributed by atoms with Gasteiger partial charge in [-0.25, -0.2) is 9.38 Å². The maximum Gasteiger partial charge on any atom is 0.283 e. The van der Waals surface area contributed by atoms with E-state index >= 15 is 0 Å². The summed E-state index contributed by atoms with van der Waals surface area (Å²) in [5, 5.41) is -0.0398. The van der Waals surface area contributed by atoms with Crippen molar-refractivity contribution in [3.8, 4) is 0 Å². The number of nitrogens with zero attached hydrogens (tertiary/aromatic N) is 3. The third-order valence-electron chi connectivity index (χ3n) is 4.09. The van der Waals surface area contributed by atoms with E-state index in [9.17, 15) is 14.0 Å². The molecule has 1 heterocycles. The van der Waals surface area contributed by atoms with E-state index in [4.69, 9.17) is 0 Å². The van der Waals surface area contributed by atoms with E-state index in [0.29, 0.717) is 10.9 Å². The normalized spacial score (nSPS) is 16.3. The van der Waals surface area contributed by atoms with Crippen molar-refractivity contribution in [1.82, 2.24) is 4.90 Å². The van der Waals surface area contributed by atoms with Gasteiger partial charge in [-0.3, -0.25) is 14.5 Å². The Morgan fingerprint density at radius 1 is 1.14 bits per heavy atom. The number of amides is 2. The lowest BCUT2D eigenvalue weighted by Crippen LogP contribution is -2.35. The molecule has 7 heteroatoms. The molecule has 2 amide bonds. The zero-order valence-electron chi connectivity index (χ0n) is 15.8. The Bertz CT molecular complexity index is 940. The molecule has 0 spiro atoms. The number of hydrogen-bond donors (Lipinski definition) is 0. The first-order valence-electron chi connectivity index (χ1n) is 8.70. The van der Waals surface area contributed by atoms with E-state index in [2.05, 4.69) is 4.99 Å². The highest BCUT2D eigenvalue weighted by Crippen LogP contribution is 2.31. The summed E-state index contributed by atoms with van der Waals surface area (Å²) in [5.41, 5.74) is 1.61. The van der Waals surface area contributed by atoms with E-state index in [1.807, 2.05) is 30.3 Å². The maximum atomic E-state index is 13.3. The van der Waals surface area contributed by atoms with Crippen LogP contribution < -0.4 is 4.90 Å². The first-order valence-corrected chi connectivity index (χ1v) is 9.58. The predicted octanol–water partition coefficient (Wildman–Crippen LogP) is 3.78. The summed E-state index contributed by atoms with van der Waals surface area (Å²) < 4.78 is 13.3. The van der Waals surface area contributed by atoms with E-state index in [0.717, 1.165) is 5.56 Å². The van der Waals surface area contributed by atoms with Gasteiger partial charge < -0.3 is 4.90 Å². The predicted molar refractivity (Wildman–Crippen MR) is 111 cm³/mol. The second-order valence-electron chi connectivity index (χ2n) is 6.44. The molecular weight excluding hydrogens is 377 g/mol. The third kappa shape index (κ3) is 4.31. The Balaban J connectivity index is 1.97. The van der Waals surface area contributed by atoms with Gasteiger partial charge in [0.1, 0.15) is 11.5 Å². The minimum atomic E-state index is -0.430. The number of benzene rings is 2. The van der Waals surface area contributed by atoms with E-state index in [-0.39, 0.29) is 17.5 Å². The van der Waals surface area contributed by atoms with Crippen LogP contribution in [0.1, 0.15) is 12.5 Å². The Kier molecular flexibility index (Phi) is 5.94. The maximum absolute atomic E-state index is 13.3. The number of amidine groups is 1. The van der Waals surface area contributed by atoms with Crippen molar-refractivity contribution in [2.24, 2.45) is 4.99 Å². The Morgan fingerprint density at radius 2 is 1.79 bits per heavy atom. The molecule has 0 unspecified atom stereocenters. The number of hydrogen-bond acceptors (Lipinski definition) is 4. The Labute approximate surface area is 167 Å². The molecule has 0 radical (unpaired) electrons.